The Bertz CT molecular complexity index is 515. The number of anilines is 1. The van der Waals surface area contributed by atoms with Gasteiger partial charge in [0.05, 0.1) is 12.0 Å². The number of fused-ring (bicyclic) bond motifs is 1. The van der Waals surface area contributed by atoms with Gasteiger partial charge in [0, 0.05) is 13.7 Å². The first-order valence-electron chi connectivity index (χ1n) is 5.92. The van der Waals surface area contributed by atoms with Crippen LogP contribution in [-0.4, -0.2) is 36.3 Å². The van der Waals surface area contributed by atoms with Crippen LogP contribution in [-0.2, 0) is 4.74 Å². The maximum Gasteiger partial charge on any atom is 0.227 e. The minimum Gasteiger partial charge on any atom is -0.472 e. The van der Waals surface area contributed by atoms with Gasteiger partial charge in [-0.05, 0) is 25.3 Å². The Labute approximate surface area is 110 Å². The smallest absolute Gasteiger partial charge is 0.227 e. The summed E-state index contributed by atoms with van der Waals surface area (Å²) in [5, 5.41) is 5.87. The van der Waals surface area contributed by atoms with Crippen molar-refractivity contribution in [2.75, 3.05) is 25.6 Å². The molecular weight excluding hydrogens is 250 g/mol. The number of nitrogens with one attached hydrogen (secondary N) is 1. The highest BCUT2D eigenvalue weighted by Gasteiger charge is 2.12. The van der Waals surface area contributed by atoms with Crippen molar-refractivity contribution in [1.82, 2.24) is 9.97 Å². The molecule has 2 aromatic rings. The molecule has 0 bridgehead atoms. The van der Waals surface area contributed by atoms with Crippen molar-refractivity contribution in [1.29, 1.82) is 0 Å². The first kappa shape index (κ1) is 13.0. The lowest BCUT2D eigenvalue weighted by Crippen LogP contribution is -2.20. The number of nitrogens with zero attached hydrogens (tertiary/aromatic N) is 2. The second kappa shape index (κ2) is 5.97. The van der Waals surface area contributed by atoms with E-state index in [1.54, 1.807) is 18.4 Å². The van der Waals surface area contributed by atoms with Gasteiger partial charge >= 0.3 is 0 Å². The van der Waals surface area contributed by atoms with Crippen LogP contribution in [0.5, 0.6) is 5.88 Å². The maximum absolute atomic E-state index is 5.82. The molecule has 0 radical (unpaired) electrons. The molecule has 0 aromatic carbocycles. The quantitative estimate of drug-likeness (QED) is 0.871. The fourth-order valence-electron chi connectivity index (χ4n) is 1.54. The van der Waals surface area contributed by atoms with Crippen molar-refractivity contribution in [3.05, 3.63) is 11.4 Å². The number of thiophene rings is 1. The lowest BCUT2D eigenvalue weighted by atomic mass is 10.4. The van der Waals surface area contributed by atoms with E-state index >= 15 is 0 Å². The fraction of sp³-hybridized carbons (Fsp3) is 0.500. The predicted octanol–water partition coefficient (Wildman–Crippen LogP) is 2.54. The van der Waals surface area contributed by atoms with Crippen LogP contribution >= 0.6 is 11.3 Å². The van der Waals surface area contributed by atoms with Crippen LogP contribution in [0.15, 0.2) is 11.4 Å². The average Bonchev–Trinajstić information content (AvgIpc) is 2.84. The number of rotatable bonds is 6. The van der Waals surface area contributed by atoms with Crippen LogP contribution in [0.1, 0.15) is 13.8 Å². The maximum atomic E-state index is 5.82. The van der Waals surface area contributed by atoms with Gasteiger partial charge in [0.15, 0.2) is 0 Å². The molecule has 0 aliphatic heterocycles. The standard InChI is InChI=1S/C12H17N3O2S/c1-4-16-7-8(2)17-10-9-5-6-18-11(9)15-12(13-3)14-10/h5-6,8H,4,7H2,1-3H3,(H,13,14,15). The molecule has 1 unspecified atom stereocenters. The highest BCUT2D eigenvalue weighted by Crippen LogP contribution is 2.28. The first-order chi connectivity index (χ1) is 8.74. The highest BCUT2D eigenvalue weighted by atomic mass is 32.1. The Morgan fingerprint density at radius 2 is 2.28 bits per heavy atom. The molecule has 2 heterocycles. The molecule has 0 fully saturated rings. The lowest BCUT2D eigenvalue weighted by Gasteiger charge is -2.14. The van der Waals surface area contributed by atoms with Crippen LogP contribution in [0.3, 0.4) is 0 Å². The third-order valence-corrected chi connectivity index (χ3v) is 3.19. The Kier molecular flexibility index (Phi) is 4.33. The molecule has 1 N–H and O–H groups in total. The van der Waals surface area contributed by atoms with E-state index in [0.717, 1.165) is 10.2 Å². The lowest BCUT2D eigenvalue weighted by molar-refractivity contribution is 0.0643. The van der Waals surface area contributed by atoms with Gasteiger partial charge in [0.2, 0.25) is 11.8 Å². The third kappa shape index (κ3) is 2.88. The van der Waals surface area contributed by atoms with Gasteiger partial charge in [0.1, 0.15) is 10.9 Å². The van der Waals surface area contributed by atoms with Gasteiger partial charge < -0.3 is 14.8 Å². The van der Waals surface area contributed by atoms with Crippen molar-refractivity contribution in [3.63, 3.8) is 0 Å². The second-order valence-corrected chi connectivity index (χ2v) is 4.72. The van der Waals surface area contributed by atoms with Crippen LogP contribution in [0.25, 0.3) is 10.2 Å². The fourth-order valence-corrected chi connectivity index (χ4v) is 2.29. The van der Waals surface area contributed by atoms with Crippen molar-refractivity contribution in [3.8, 4) is 5.88 Å². The van der Waals surface area contributed by atoms with Crippen molar-refractivity contribution in [2.24, 2.45) is 0 Å². The molecule has 0 saturated carbocycles. The third-order valence-electron chi connectivity index (χ3n) is 2.38. The molecule has 0 saturated heterocycles. The first-order valence-corrected chi connectivity index (χ1v) is 6.80. The highest BCUT2D eigenvalue weighted by molar-refractivity contribution is 7.16. The number of aromatic nitrogens is 2. The summed E-state index contributed by atoms with van der Waals surface area (Å²) in [6.45, 7) is 5.18. The van der Waals surface area contributed by atoms with Crippen LogP contribution in [0, 0.1) is 0 Å². The molecule has 1 atom stereocenters. The van der Waals surface area contributed by atoms with Crippen molar-refractivity contribution >= 4 is 27.5 Å². The zero-order chi connectivity index (χ0) is 13.0. The summed E-state index contributed by atoms with van der Waals surface area (Å²) < 4.78 is 11.2. The van der Waals surface area contributed by atoms with Gasteiger partial charge in [-0.15, -0.1) is 11.3 Å². The van der Waals surface area contributed by atoms with Crippen LogP contribution < -0.4 is 10.1 Å². The molecule has 5 nitrogen and oxygen atoms in total. The molecular formula is C12H17N3O2S. The van der Waals surface area contributed by atoms with Crippen LogP contribution in [0.4, 0.5) is 5.95 Å². The summed E-state index contributed by atoms with van der Waals surface area (Å²) in [7, 11) is 1.79. The monoisotopic (exact) mass is 267 g/mol. The molecule has 6 heteroatoms. The largest absolute Gasteiger partial charge is 0.472 e. The molecule has 18 heavy (non-hydrogen) atoms. The van der Waals surface area contributed by atoms with Crippen molar-refractivity contribution in [2.45, 2.75) is 20.0 Å². The predicted molar refractivity (Wildman–Crippen MR) is 73.5 cm³/mol. The van der Waals surface area contributed by atoms with E-state index in [4.69, 9.17) is 9.47 Å². The Morgan fingerprint density at radius 3 is 3.00 bits per heavy atom. The van der Waals surface area contributed by atoms with E-state index in [1.165, 1.54) is 0 Å². The van der Waals surface area contributed by atoms with E-state index in [1.807, 2.05) is 25.3 Å². The minimum atomic E-state index is -0.0346. The van der Waals surface area contributed by atoms with Gasteiger partial charge in [-0.2, -0.15) is 4.98 Å². The summed E-state index contributed by atoms with van der Waals surface area (Å²) in [6, 6.07) is 1.97. The van der Waals surface area contributed by atoms with Gasteiger partial charge in [0.25, 0.3) is 0 Å². The number of hydrogen-bond donors (Lipinski definition) is 1. The van der Waals surface area contributed by atoms with E-state index < -0.39 is 0 Å². The Morgan fingerprint density at radius 1 is 1.44 bits per heavy atom. The molecule has 0 spiro atoms. The van der Waals surface area contributed by atoms with Crippen molar-refractivity contribution < 1.29 is 9.47 Å². The van der Waals surface area contributed by atoms with Gasteiger partial charge in [-0.3, -0.25) is 0 Å². The normalized spacial score (nSPS) is 12.6. The van der Waals surface area contributed by atoms with Crippen LogP contribution in [0.2, 0.25) is 0 Å². The van der Waals surface area contributed by atoms with E-state index in [0.29, 0.717) is 25.0 Å². The van der Waals surface area contributed by atoms with E-state index in [2.05, 4.69) is 15.3 Å². The molecule has 98 valence electrons. The van der Waals surface area contributed by atoms with E-state index in [-0.39, 0.29) is 6.10 Å². The second-order valence-electron chi connectivity index (χ2n) is 3.83. The van der Waals surface area contributed by atoms with Gasteiger partial charge in [-0.25, -0.2) is 4.98 Å². The van der Waals surface area contributed by atoms with Gasteiger partial charge in [-0.1, -0.05) is 0 Å². The summed E-state index contributed by atoms with van der Waals surface area (Å²) in [5.74, 6) is 1.18. The minimum absolute atomic E-state index is 0.0346. The Balaban J connectivity index is 2.22. The summed E-state index contributed by atoms with van der Waals surface area (Å²) in [6.07, 6.45) is -0.0346. The molecule has 0 aliphatic carbocycles. The molecule has 0 amide bonds. The number of ether oxygens (including phenoxy) is 2. The summed E-state index contributed by atoms with van der Waals surface area (Å²) in [4.78, 5) is 9.64. The zero-order valence-corrected chi connectivity index (χ0v) is 11.6. The molecule has 2 rings (SSSR count). The molecule has 0 aliphatic rings. The SMILES string of the molecule is CCOCC(C)Oc1nc(NC)nc2sccc12. The van der Waals surface area contributed by atoms with E-state index in [9.17, 15) is 0 Å². The topological polar surface area (TPSA) is 56.3 Å². The zero-order valence-electron chi connectivity index (χ0n) is 10.8. The average molecular weight is 267 g/mol. The summed E-state index contributed by atoms with van der Waals surface area (Å²) >= 11 is 1.57. The Hall–Kier alpha value is -1.40. The molecule has 2 aromatic heterocycles. The summed E-state index contributed by atoms with van der Waals surface area (Å²) in [5.41, 5.74) is 0. The number of hydrogen-bond acceptors (Lipinski definition) is 6.